The molecule has 3 aromatic rings. The molecule has 1 aliphatic carbocycles. The minimum atomic E-state index is -0.352. The largest absolute Gasteiger partial charge is 0.516 e. The van der Waals surface area contributed by atoms with E-state index < -0.39 is 0 Å². The monoisotopic (exact) mass is 538 g/mol. The molecule has 0 heterocycles. The molecule has 4 heteroatoms. The Morgan fingerprint density at radius 2 is 1.27 bits per heavy atom. The Morgan fingerprint density at radius 1 is 0.750 bits per heavy atom. The van der Waals surface area contributed by atoms with Crippen LogP contribution < -0.4 is 9.47 Å². The molecule has 0 aromatic heterocycles. The van der Waals surface area contributed by atoms with Crippen LogP contribution in [0, 0.1) is 0 Å². The molecule has 0 radical (unpaired) electrons. The van der Waals surface area contributed by atoms with Crippen LogP contribution in [0.3, 0.4) is 0 Å². The number of aliphatic hydroxyl groups excluding tert-OH is 1. The maximum Gasteiger partial charge on any atom is 0.197 e. The summed E-state index contributed by atoms with van der Waals surface area (Å²) >= 11 is 0. The number of ether oxygens (including phenoxy) is 3. The van der Waals surface area contributed by atoms with Crippen molar-refractivity contribution in [3.63, 3.8) is 0 Å². The summed E-state index contributed by atoms with van der Waals surface area (Å²) in [6.45, 7) is 6.17. The van der Waals surface area contributed by atoms with E-state index >= 15 is 0 Å². The third-order valence-corrected chi connectivity index (χ3v) is 6.96. The predicted octanol–water partition coefficient (Wildman–Crippen LogP) is 9.42. The SMILES string of the molecule is CC(Oc1ccc(C=CC=Cc2ccc(OC(C)(C)Cc3ccc(C=CO)cc3)cc2)cc1)OC1CCCCC1. The van der Waals surface area contributed by atoms with E-state index in [4.69, 9.17) is 19.3 Å². The van der Waals surface area contributed by atoms with E-state index in [0.717, 1.165) is 53.7 Å². The second kappa shape index (κ2) is 14.6. The Balaban J connectivity index is 1.22. The van der Waals surface area contributed by atoms with Crippen molar-refractivity contribution >= 4 is 18.2 Å². The Labute approximate surface area is 239 Å². The highest BCUT2D eigenvalue weighted by Crippen LogP contribution is 2.24. The highest BCUT2D eigenvalue weighted by Gasteiger charge is 2.20. The van der Waals surface area contributed by atoms with E-state index in [0.29, 0.717) is 6.10 Å². The van der Waals surface area contributed by atoms with Crippen LogP contribution in [0.15, 0.2) is 91.2 Å². The molecule has 1 atom stereocenters. The molecular weight excluding hydrogens is 496 g/mol. The van der Waals surface area contributed by atoms with Gasteiger partial charge in [0.05, 0.1) is 12.4 Å². The number of aliphatic hydroxyl groups is 1. The van der Waals surface area contributed by atoms with Gasteiger partial charge in [-0.15, -0.1) is 0 Å². The molecule has 1 N–H and O–H groups in total. The first-order valence-electron chi connectivity index (χ1n) is 14.3. The molecule has 1 unspecified atom stereocenters. The topological polar surface area (TPSA) is 47.9 Å². The van der Waals surface area contributed by atoms with Gasteiger partial charge in [-0.1, -0.05) is 92.1 Å². The van der Waals surface area contributed by atoms with Crippen molar-refractivity contribution in [2.45, 2.75) is 77.3 Å². The maximum absolute atomic E-state index is 8.92. The summed E-state index contributed by atoms with van der Waals surface area (Å²) in [6, 6.07) is 24.4. The van der Waals surface area contributed by atoms with Gasteiger partial charge in [-0.25, -0.2) is 0 Å². The minimum absolute atomic E-state index is 0.233. The number of hydrogen-bond acceptors (Lipinski definition) is 4. The third kappa shape index (κ3) is 9.77. The first-order chi connectivity index (χ1) is 19.4. The van der Waals surface area contributed by atoms with E-state index in [9.17, 15) is 0 Å². The number of hydrogen-bond donors (Lipinski definition) is 1. The highest BCUT2D eigenvalue weighted by atomic mass is 16.7. The van der Waals surface area contributed by atoms with Crippen LogP contribution in [-0.4, -0.2) is 23.1 Å². The molecule has 40 heavy (non-hydrogen) atoms. The van der Waals surface area contributed by atoms with Crippen LogP contribution >= 0.6 is 0 Å². The molecule has 0 spiro atoms. The summed E-state index contributed by atoms with van der Waals surface area (Å²) < 4.78 is 18.3. The second-order valence-electron chi connectivity index (χ2n) is 11.0. The molecule has 1 aliphatic rings. The van der Waals surface area contributed by atoms with Crippen LogP contribution in [0.2, 0.25) is 0 Å². The van der Waals surface area contributed by atoms with Gasteiger partial charge in [0.25, 0.3) is 0 Å². The van der Waals surface area contributed by atoms with Crippen LogP contribution in [0.25, 0.3) is 18.2 Å². The summed E-state index contributed by atoms with van der Waals surface area (Å²) in [5, 5.41) is 8.92. The van der Waals surface area contributed by atoms with Gasteiger partial charge < -0.3 is 19.3 Å². The lowest BCUT2D eigenvalue weighted by molar-refractivity contribution is -0.116. The molecule has 0 bridgehead atoms. The van der Waals surface area contributed by atoms with Gasteiger partial charge in [0.2, 0.25) is 0 Å². The summed E-state index contributed by atoms with van der Waals surface area (Å²) in [5.74, 6) is 1.67. The molecule has 4 nitrogen and oxygen atoms in total. The number of allylic oxidation sites excluding steroid dienone is 2. The smallest absolute Gasteiger partial charge is 0.197 e. The zero-order chi connectivity index (χ0) is 28.2. The van der Waals surface area contributed by atoms with Gasteiger partial charge in [-0.05, 0) is 86.2 Å². The van der Waals surface area contributed by atoms with Gasteiger partial charge in [-0.3, -0.25) is 0 Å². The lowest BCUT2D eigenvalue weighted by Crippen LogP contribution is -2.30. The van der Waals surface area contributed by atoms with Crippen molar-refractivity contribution in [1.82, 2.24) is 0 Å². The first-order valence-corrected chi connectivity index (χ1v) is 14.3. The van der Waals surface area contributed by atoms with Crippen molar-refractivity contribution in [1.29, 1.82) is 0 Å². The fourth-order valence-corrected chi connectivity index (χ4v) is 5.01. The fourth-order valence-electron chi connectivity index (χ4n) is 5.01. The van der Waals surface area contributed by atoms with E-state index in [-0.39, 0.29) is 11.9 Å². The summed E-state index contributed by atoms with van der Waals surface area (Å²) in [7, 11) is 0. The van der Waals surface area contributed by atoms with Gasteiger partial charge in [0.1, 0.15) is 17.1 Å². The molecule has 1 fully saturated rings. The first kappa shape index (κ1) is 29.2. The van der Waals surface area contributed by atoms with Crippen molar-refractivity contribution in [3.8, 4) is 11.5 Å². The third-order valence-electron chi connectivity index (χ3n) is 6.96. The van der Waals surface area contributed by atoms with Gasteiger partial charge in [-0.2, -0.15) is 0 Å². The predicted molar refractivity (Wildman–Crippen MR) is 166 cm³/mol. The van der Waals surface area contributed by atoms with Crippen molar-refractivity contribution in [2.24, 2.45) is 0 Å². The Morgan fingerprint density at radius 3 is 1.85 bits per heavy atom. The van der Waals surface area contributed by atoms with Crippen molar-refractivity contribution in [2.75, 3.05) is 0 Å². The Kier molecular flexibility index (Phi) is 10.7. The standard InChI is InChI=1S/C36H42O4/c1-28(38-33-11-5-4-6-12-33)39-34-21-17-29(18-22-34)9-7-8-10-30-19-23-35(24-20-30)40-36(2,3)27-32-15-13-31(14-16-32)25-26-37/h7-10,13-26,28,33,37H,4-6,11-12,27H2,1-3H3. The maximum atomic E-state index is 8.92. The van der Waals surface area contributed by atoms with Gasteiger partial charge >= 0.3 is 0 Å². The van der Waals surface area contributed by atoms with E-state index in [1.54, 1.807) is 6.08 Å². The van der Waals surface area contributed by atoms with E-state index in [2.05, 4.69) is 62.4 Å². The van der Waals surface area contributed by atoms with Gasteiger partial charge in [0.15, 0.2) is 6.29 Å². The minimum Gasteiger partial charge on any atom is -0.516 e. The summed E-state index contributed by atoms with van der Waals surface area (Å²) in [4.78, 5) is 0. The lowest BCUT2D eigenvalue weighted by Gasteiger charge is -2.27. The van der Waals surface area contributed by atoms with E-state index in [1.165, 1.54) is 24.8 Å². The summed E-state index contributed by atoms with van der Waals surface area (Å²) in [5.41, 5.74) is 4.03. The zero-order valence-electron chi connectivity index (χ0n) is 24.0. The molecule has 4 rings (SSSR count). The zero-order valence-corrected chi connectivity index (χ0v) is 24.0. The Bertz CT molecular complexity index is 1250. The Hall–Kier alpha value is -3.76. The fraction of sp³-hybridized carbons (Fsp3) is 0.333. The lowest BCUT2D eigenvalue weighted by atomic mass is 9.97. The van der Waals surface area contributed by atoms with Crippen molar-refractivity contribution in [3.05, 3.63) is 113 Å². The summed E-state index contributed by atoms with van der Waals surface area (Å²) in [6.07, 6.45) is 18.0. The highest BCUT2D eigenvalue weighted by molar-refractivity contribution is 5.58. The normalized spacial score (nSPS) is 15.7. The quantitative estimate of drug-likeness (QED) is 0.142. The molecule has 210 valence electrons. The van der Waals surface area contributed by atoms with Crippen LogP contribution in [-0.2, 0) is 11.2 Å². The van der Waals surface area contributed by atoms with Gasteiger partial charge in [0, 0.05) is 6.42 Å². The molecule has 3 aromatic carbocycles. The average Bonchev–Trinajstić information content (AvgIpc) is 2.94. The number of rotatable bonds is 12. The molecule has 1 saturated carbocycles. The second-order valence-corrected chi connectivity index (χ2v) is 11.0. The average molecular weight is 539 g/mol. The van der Waals surface area contributed by atoms with Crippen molar-refractivity contribution < 1.29 is 19.3 Å². The molecular formula is C36H42O4. The van der Waals surface area contributed by atoms with Crippen LogP contribution in [0.5, 0.6) is 11.5 Å². The molecule has 0 amide bonds. The van der Waals surface area contributed by atoms with Crippen LogP contribution in [0.4, 0.5) is 0 Å². The molecule has 0 aliphatic heterocycles. The number of benzene rings is 3. The molecule has 0 saturated heterocycles. The van der Waals surface area contributed by atoms with Crippen LogP contribution in [0.1, 0.15) is 75.1 Å². The van der Waals surface area contributed by atoms with E-state index in [1.807, 2.05) is 55.5 Å².